The topological polar surface area (TPSA) is 18.5 Å². The summed E-state index contributed by atoms with van der Waals surface area (Å²) in [6.07, 6.45) is 12.3. The maximum atomic E-state index is 5.66. The minimum atomic E-state index is 0.0310. The Morgan fingerprint density at radius 2 is 2.00 bits per heavy atom. The molecule has 0 aromatic rings. The van der Waals surface area contributed by atoms with E-state index in [2.05, 4.69) is 19.9 Å². The van der Waals surface area contributed by atoms with Crippen molar-refractivity contribution in [3.8, 4) is 0 Å². The third kappa shape index (κ3) is 6.85. The number of rotatable bonds is 9. The number of hydrogen-bond donors (Lipinski definition) is 0. The molecular formula is C15H28O2. The molecule has 0 aromatic carbocycles. The van der Waals surface area contributed by atoms with Gasteiger partial charge in [-0.15, -0.1) is 0 Å². The van der Waals surface area contributed by atoms with Gasteiger partial charge in [-0.1, -0.05) is 45.6 Å². The first-order valence-corrected chi connectivity index (χ1v) is 7.28. The van der Waals surface area contributed by atoms with E-state index >= 15 is 0 Å². The molecule has 17 heavy (non-hydrogen) atoms. The summed E-state index contributed by atoms with van der Waals surface area (Å²) in [6.45, 7) is 6.05. The van der Waals surface area contributed by atoms with Crippen LogP contribution in [0.25, 0.3) is 0 Å². The van der Waals surface area contributed by atoms with E-state index in [1.54, 1.807) is 0 Å². The van der Waals surface area contributed by atoms with Gasteiger partial charge in [0.15, 0.2) is 6.29 Å². The molecule has 0 N–H and O–H groups in total. The zero-order valence-electron chi connectivity index (χ0n) is 11.5. The zero-order valence-corrected chi connectivity index (χ0v) is 11.5. The van der Waals surface area contributed by atoms with Crippen molar-refractivity contribution in [2.75, 3.05) is 13.2 Å². The monoisotopic (exact) mass is 240 g/mol. The van der Waals surface area contributed by atoms with Gasteiger partial charge < -0.3 is 9.47 Å². The fraction of sp³-hybridized carbons (Fsp3) is 0.867. The summed E-state index contributed by atoms with van der Waals surface area (Å²) in [5, 5.41) is 0. The van der Waals surface area contributed by atoms with Gasteiger partial charge in [0.25, 0.3) is 0 Å². The summed E-state index contributed by atoms with van der Waals surface area (Å²) in [5.41, 5.74) is 1.43. The van der Waals surface area contributed by atoms with Crippen molar-refractivity contribution in [2.45, 2.75) is 71.5 Å². The Balaban J connectivity index is 2.05. The van der Waals surface area contributed by atoms with E-state index in [9.17, 15) is 0 Å². The number of ether oxygens (including phenoxy) is 2. The minimum absolute atomic E-state index is 0.0310. The Hall–Kier alpha value is -0.340. The highest BCUT2D eigenvalue weighted by molar-refractivity contribution is 5.06. The van der Waals surface area contributed by atoms with Gasteiger partial charge in [0, 0.05) is 13.0 Å². The molecule has 0 aliphatic carbocycles. The first-order valence-electron chi connectivity index (χ1n) is 7.28. The van der Waals surface area contributed by atoms with Gasteiger partial charge in [0.2, 0.25) is 0 Å². The molecule has 100 valence electrons. The van der Waals surface area contributed by atoms with Crippen LogP contribution in [0.4, 0.5) is 0 Å². The molecule has 0 amide bonds. The number of hydrogen-bond acceptors (Lipinski definition) is 2. The molecule has 1 rings (SSSR count). The van der Waals surface area contributed by atoms with Crippen molar-refractivity contribution >= 4 is 0 Å². The van der Waals surface area contributed by atoms with Crippen LogP contribution in [0.3, 0.4) is 0 Å². The summed E-state index contributed by atoms with van der Waals surface area (Å²) in [7, 11) is 0. The minimum Gasteiger partial charge on any atom is -0.352 e. The highest BCUT2D eigenvalue weighted by atomic mass is 16.7. The second kappa shape index (κ2) is 9.67. The SMILES string of the molecule is CCCCCC/C=C1/COC(OCCCC)C1. The van der Waals surface area contributed by atoms with Crippen LogP contribution in [0.5, 0.6) is 0 Å². The van der Waals surface area contributed by atoms with Crippen LogP contribution in [0.1, 0.15) is 65.2 Å². The molecule has 1 fully saturated rings. The van der Waals surface area contributed by atoms with Crippen molar-refractivity contribution in [2.24, 2.45) is 0 Å². The van der Waals surface area contributed by atoms with Crippen molar-refractivity contribution < 1.29 is 9.47 Å². The second-order valence-corrected chi connectivity index (χ2v) is 4.88. The molecule has 1 unspecified atom stereocenters. The lowest BCUT2D eigenvalue weighted by molar-refractivity contribution is -0.111. The quantitative estimate of drug-likeness (QED) is 0.438. The van der Waals surface area contributed by atoms with Gasteiger partial charge in [-0.2, -0.15) is 0 Å². The highest BCUT2D eigenvalue weighted by Gasteiger charge is 2.19. The average molecular weight is 240 g/mol. The van der Waals surface area contributed by atoms with E-state index in [1.807, 2.05) is 0 Å². The lowest BCUT2D eigenvalue weighted by Crippen LogP contribution is -2.11. The van der Waals surface area contributed by atoms with Gasteiger partial charge in [0.1, 0.15) is 0 Å². The van der Waals surface area contributed by atoms with E-state index < -0.39 is 0 Å². The summed E-state index contributed by atoms with van der Waals surface area (Å²) in [6, 6.07) is 0. The Morgan fingerprint density at radius 3 is 2.76 bits per heavy atom. The first-order chi connectivity index (χ1) is 8.36. The molecule has 0 spiro atoms. The average Bonchev–Trinajstić information content (AvgIpc) is 2.77. The van der Waals surface area contributed by atoms with Crippen LogP contribution in [-0.2, 0) is 9.47 Å². The maximum absolute atomic E-state index is 5.66. The fourth-order valence-electron chi connectivity index (χ4n) is 2.02. The van der Waals surface area contributed by atoms with Crippen LogP contribution in [0.15, 0.2) is 11.6 Å². The van der Waals surface area contributed by atoms with Crippen LogP contribution in [-0.4, -0.2) is 19.5 Å². The predicted molar refractivity (Wildman–Crippen MR) is 72.1 cm³/mol. The molecule has 2 nitrogen and oxygen atoms in total. The van der Waals surface area contributed by atoms with Crippen molar-refractivity contribution in [1.29, 1.82) is 0 Å². The molecule has 0 aromatic heterocycles. The fourth-order valence-corrected chi connectivity index (χ4v) is 2.02. The second-order valence-electron chi connectivity index (χ2n) is 4.88. The predicted octanol–water partition coefficient (Wildman–Crippen LogP) is 4.45. The first kappa shape index (κ1) is 14.7. The van der Waals surface area contributed by atoms with Crippen LogP contribution < -0.4 is 0 Å². The van der Waals surface area contributed by atoms with E-state index in [-0.39, 0.29) is 6.29 Å². The Kier molecular flexibility index (Phi) is 8.37. The zero-order chi connectivity index (χ0) is 12.3. The van der Waals surface area contributed by atoms with Crippen molar-refractivity contribution in [1.82, 2.24) is 0 Å². The van der Waals surface area contributed by atoms with Crippen LogP contribution in [0.2, 0.25) is 0 Å². The summed E-state index contributed by atoms with van der Waals surface area (Å²) < 4.78 is 11.3. The van der Waals surface area contributed by atoms with E-state index in [4.69, 9.17) is 9.47 Å². The van der Waals surface area contributed by atoms with Crippen LogP contribution >= 0.6 is 0 Å². The Morgan fingerprint density at radius 1 is 1.18 bits per heavy atom. The maximum Gasteiger partial charge on any atom is 0.161 e. The molecule has 2 heteroatoms. The molecular weight excluding hydrogens is 212 g/mol. The molecule has 0 radical (unpaired) electrons. The third-order valence-corrected chi connectivity index (χ3v) is 3.18. The van der Waals surface area contributed by atoms with E-state index in [1.165, 1.54) is 44.1 Å². The highest BCUT2D eigenvalue weighted by Crippen LogP contribution is 2.21. The molecule has 0 saturated carbocycles. The molecule has 1 saturated heterocycles. The third-order valence-electron chi connectivity index (χ3n) is 3.18. The lowest BCUT2D eigenvalue weighted by atomic mass is 10.1. The van der Waals surface area contributed by atoms with Crippen molar-refractivity contribution in [3.63, 3.8) is 0 Å². The van der Waals surface area contributed by atoms with Gasteiger partial charge in [0.05, 0.1) is 6.61 Å². The number of unbranched alkanes of at least 4 members (excludes halogenated alkanes) is 5. The lowest BCUT2D eigenvalue weighted by Gasteiger charge is -2.09. The normalized spacial score (nSPS) is 22.5. The largest absolute Gasteiger partial charge is 0.352 e. The molecule has 1 atom stereocenters. The molecule has 0 bridgehead atoms. The van der Waals surface area contributed by atoms with Crippen molar-refractivity contribution in [3.05, 3.63) is 11.6 Å². The van der Waals surface area contributed by atoms with E-state index in [0.29, 0.717) is 0 Å². The summed E-state index contributed by atoms with van der Waals surface area (Å²) in [4.78, 5) is 0. The van der Waals surface area contributed by atoms with Gasteiger partial charge in [-0.05, 0) is 24.8 Å². The van der Waals surface area contributed by atoms with Gasteiger partial charge in [-0.25, -0.2) is 0 Å². The Labute approximate surface area is 106 Å². The van der Waals surface area contributed by atoms with Gasteiger partial charge >= 0.3 is 0 Å². The summed E-state index contributed by atoms with van der Waals surface area (Å²) in [5.74, 6) is 0. The molecule has 1 heterocycles. The van der Waals surface area contributed by atoms with Gasteiger partial charge in [-0.3, -0.25) is 0 Å². The van der Waals surface area contributed by atoms with Crippen LogP contribution in [0, 0.1) is 0 Å². The molecule has 1 aliphatic rings. The number of allylic oxidation sites excluding steroid dienone is 1. The summed E-state index contributed by atoms with van der Waals surface area (Å²) >= 11 is 0. The standard InChI is InChI=1S/C15H28O2/c1-3-5-7-8-9-10-14-12-15(17-13-14)16-11-6-4-2/h10,15H,3-9,11-13H2,1-2H3/b14-10+. The van der Waals surface area contributed by atoms with E-state index in [0.717, 1.165) is 26.1 Å². The molecule has 1 aliphatic heterocycles. The smallest absolute Gasteiger partial charge is 0.161 e. The Bertz CT molecular complexity index is 211.